The van der Waals surface area contributed by atoms with Gasteiger partial charge in [0.1, 0.15) is 11.9 Å². The van der Waals surface area contributed by atoms with E-state index in [0.29, 0.717) is 17.6 Å². The maximum atomic E-state index is 12.5. The molecule has 1 aliphatic carbocycles. The predicted octanol–water partition coefficient (Wildman–Crippen LogP) is 2.50. The third-order valence-corrected chi connectivity index (χ3v) is 6.79. The lowest BCUT2D eigenvalue weighted by molar-refractivity contribution is 0.0337. The fourth-order valence-corrected chi connectivity index (χ4v) is 4.37. The Labute approximate surface area is 184 Å². The van der Waals surface area contributed by atoms with Gasteiger partial charge in [0.05, 0.1) is 5.56 Å². The van der Waals surface area contributed by atoms with Crippen molar-refractivity contribution in [2.24, 2.45) is 0 Å². The largest absolute Gasteiger partial charge is 0.446 e. The highest BCUT2D eigenvalue weighted by Crippen LogP contribution is 2.22. The fourth-order valence-electron chi connectivity index (χ4n) is 4.37. The van der Waals surface area contributed by atoms with Crippen LogP contribution in [0.3, 0.4) is 0 Å². The van der Waals surface area contributed by atoms with Crippen molar-refractivity contribution in [1.29, 1.82) is 0 Å². The summed E-state index contributed by atoms with van der Waals surface area (Å²) in [6.45, 7) is 9.25. The van der Waals surface area contributed by atoms with Gasteiger partial charge in [-0.15, -0.1) is 0 Å². The molecule has 8 heteroatoms. The molecule has 1 aromatic heterocycles. The molecule has 0 atom stereocenters. The second-order valence-electron chi connectivity index (χ2n) is 9.19. The Morgan fingerprint density at radius 3 is 2.29 bits per heavy atom. The van der Waals surface area contributed by atoms with Crippen LogP contribution >= 0.6 is 0 Å². The van der Waals surface area contributed by atoms with Gasteiger partial charge in [-0.3, -0.25) is 9.69 Å². The van der Waals surface area contributed by atoms with E-state index < -0.39 is 0 Å². The van der Waals surface area contributed by atoms with Gasteiger partial charge in [0.25, 0.3) is 5.91 Å². The molecule has 1 N–H and O–H groups in total. The molecule has 4 rings (SSSR count). The number of rotatable bonds is 5. The van der Waals surface area contributed by atoms with Crippen LogP contribution in [0.1, 0.15) is 56.3 Å². The Hall–Kier alpha value is -2.35. The van der Waals surface area contributed by atoms with E-state index >= 15 is 0 Å². The minimum Gasteiger partial charge on any atom is -0.446 e. The third kappa shape index (κ3) is 5.47. The minimum absolute atomic E-state index is 0.0383. The first kappa shape index (κ1) is 21.9. The summed E-state index contributed by atoms with van der Waals surface area (Å²) in [5.41, 5.74) is 0.608. The lowest BCUT2D eigenvalue weighted by atomic mass is 9.93. The number of carbonyl (C=O) groups excluding carboxylic acids is 2. The van der Waals surface area contributed by atoms with Crippen molar-refractivity contribution < 1.29 is 14.3 Å². The van der Waals surface area contributed by atoms with Crippen molar-refractivity contribution >= 4 is 17.8 Å². The van der Waals surface area contributed by atoms with E-state index in [1.165, 1.54) is 6.42 Å². The summed E-state index contributed by atoms with van der Waals surface area (Å²) in [5, 5.41) is 3.04. The molecule has 1 saturated carbocycles. The summed E-state index contributed by atoms with van der Waals surface area (Å²) in [6, 6.07) is 4.60. The Bertz CT molecular complexity index is 749. The van der Waals surface area contributed by atoms with E-state index in [4.69, 9.17) is 4.74 Å². The number of piperazine rings is 1. The van der Waals surface area contributed by atoms with E-state index in [0.717, 1.165) is 70.8 Å². The highest BCUT2D eigenvalue weighted by atomic mass is 16.6. The molecule has 3 aliphatic rings. The predicted molar refractivity (Wildman–Crippen MR) is 119 cm³/mol. The van der Waals surface area contributed by atoms with Crippen molar-refractivity contribution in [3.8, 4) is 0 Å². The van der Waals surface area contributed by atoms with Gasteiger partial charge in [-0.05, 0) is 45.2 Å². The lowest BCUT2D eigenvalue weighted by Gasteiger charge is -2.38. The Balaban J connectivity index is 1.20. The molecule has 170 valence electrons. The van der Waals surface area contributed by atoms with Gasteiger partial charge >= 0.3 is 6.09 Å². The number of piperidine rings is 1. The Morgan fingerprint density at radius 1 is 1.03 bits per heavy atom. The normalized spacial score (nSPS) is 21.1. The molecule has 1 aromatic rings. The number of nitrogens with zero attached hydrogens (tertiary/aromatic N) is 4. The van der Waals surface area contributed by atoms with E-state index in [9.17, 15) is 9.59 Å². The number of hydrogen-bond acceptors (Lipinski definition) is 6. The smallest absolute Gasteiger partial charge is 0.410 e. The van der Waals surface area contributed by atoms with Crippen LogP contribution in [0.25, 0.3) is 0 Å². The van der Waals surface area contributed by atoms with E-state index in [-0.39, 0.29) is 18.1 Å². The summed E-state index contributed by atoms with van der Waals surface area (Å²) in [5.74, 6) is 0.832. The van der Waals surface area contributed by atoms with Gasteiger partial charge in [0, 0.05) is 70.4 Å². The molecule has 0 unspecified atom stereocenters. The highest BCUT2D eigenvalue weighted by Gasteiger charge is 2.28. The first-order valence-corrected chi connectivity index (χ1v) is 11.7. The van der Waals surface area contributed by atoms with Gasteiger partial charge in [-0.25, -0.2) is 9.78 Å². The lowest BCUT2D eigenvalue weighted by Crippen LogP contribution is -2.51. The topological polar surface area (TPSA) is 78.0 Å². The highest BCUT2D eigenvalue weighted by molar-refractivity contribution is 5.94. The number of amides is 2. The molecule has 2 amide bonds. The maximum Gasteiger partial charge on any atom is 0.410 e. The van der Waals surface area contributed by atoms with Crippen LogP contribution in [0.2, 0.25) is 0 Å². The molecule has 8 nitrogen and oxygen atoms in total. The first-order valence-electron chi connectivity index (χ1n) is 11.7. The minimum atomic E-state index is -0.179. The van der Waals surface area contributed by atoms with Gasteiger partial charge in [0.2, 0.25) is 0 Å². The van der Waals surface area contributed by atoms with Crippen molar-refractivity contribution in [3.05, 3.63) is 23.9 Å². The SMILES string of the molecule is CC(C)N1CCN(C(=O)OC2CCN(c3ccc(C(=O)NC4CCC4)cn3)CC2)CC1. The third-order valence-electron chi connectivity index (χ3n) is 6.79. The molecular weight excluding hydrogens is 394 g/mol. The fraction of sp³-hybridized carbons (Fsp3) is 0.696. The number of ether oxygens (including phenoxy) is 1. The molecule has 31 heavy (non-hydrogen) atoms. The van der Waals surface area contributed by atoms with Crippen LogP contribution in [0.5, 0.6) is 0 Å². The molecule has 2 saturated heterocycles. The number of hydrogen-bond donors (Lipinski definition) is 1. The molecule has 0 aromatic carbocycles. The molecule has 0 radical (unpaired) electrons. The number of pyridine rings is 1. The van der Waals surface area contributed by atoms with Crippen LogP contribution < -0.4 is 10.2 Å². The Morgan fingerprint density at radius 2 is 1.74 bits per heavy atom. The molecule has 3 heterocycles. The van der Waals surface area contributed by atoms with Crippen molar-refractivity contribution in [2.75, 3.05) is 44.2 Å². The van der Waals surface area contributed by atoms with Crippen molar-refractivity contribution in [1.82, 2.24) is 20.1 Å². The number of carbonyl (C=O) groups is 2. The van der Waals surface area contributed by atoms with Crippen LogP contribution in [-0.4, -0.2) is 84.2 Å². The number of anilines is 1. The average Bonchev–Trinajstić information content (AvgIpc) is 2.77. The zero-order chi connectivity index (χ0) is 21.8. The molecule has 0 bridgehead atoms. The molecule has 3 fully saturated rings. The molecule has 0 spiro atoms. The van der Waals surface area contributed by atoms with Gasteiger partial charge in [-0.2, -0.15) is 0 Å². The second-order valence-corrected chi connectivity index (χ2v) is 9.19. The Kier molecular flexibility index (Phi) is 6.95. The maximum absolute atomic E-state index is 12.5. The monoisotopic (exact) mass is 429 g/mol. The zero-order valence-corrected chi connectivity index (χ0v) is 18.8. The van der Waals surface area contributed by atoms with Gasteiger partial charge in [0.15, 0.2) is 0 Å². The van der Waals surface area contributed by atoms with Crippen LogP contribution in [-0.2, 0) is 4.74 Å². The molecular formula is C23H35N5O3. The average molecular weight is 430 g/mol. The van der Waals surface area contributed by atoms with Crippen molar-refractivity contribution in [3.63, 3.8) is 0 Å². The summed E-state index contributed by atoms with van der Waals surface area (Å²) >= 11 is 0. The van der Waals surface area contributed by atoms with Crippen LogP contribution in [0.15, 0.2) is 18.3 Å². The van der Waals surface area contributed by atoms with Crippen LogP contribution in [0.4, 0.5) is 10.6 Å². The second kappa shape index (κ2) is 9.85. The summed E-state index contributed by atoms with van der Waals surface area (Å²) in [4.78, 5) is 35.7. The summed E-state index contributed by atoms with van der Waals surface area (Å²) < 4.78 is 5.78. The van der Waals surface area contributed by atoms with Gasteiger partial charge in [-0.1, -0.05) is 0 Å². The summed E-state index contributed by atoms with van der Waals surface area (Å²) in [6.07, 6.45) is 6.37. The number of nitrogens with one attached hydrogen (secondary N) is 1. The van der Waals surface area contributed by atoms with Crippen LogP contribution in [0, 0.1) is 0 Å². The first-order chi connectivity index (χ1) is 15.0. The zero-order valence-electron chi connectivity index (χ0n) is 18.8. The molecule has 2 aliphatic heterocycles. The van der Waals surface area contributed by atoms with Crippen molar-refractivity contribution in [2.45, 2.75) is 64.1 Å². The standard InChI is InChI=1S/C23H35N5O3/c1-17(2)26-12-14-28(15-13-26)23(30)31-20-8-10-27(11-9-20)21-7-6-18(16-24-21)22(29)25-19-4-3-5-19/h6-7,16-17,19-20H,3-5,8-15H2,1-2H3,(H,25,29). The summed E-state index contributed by atoms with van der Waals surface area (Å²) in [7, 11) is 0. The quantitative estimate of drug-likeness (QED) is 0.775. The van der Waals surface area contributed by atoms with Gasteiger partial charge < -0.3 is 19.9 Å². The van der Waals surface area contributed by atoms with E-state index in [1.807, 2.05) is 17.0 Å². The van der Waals surface area contributed by atoms with E-state index in [2.05, 4.69) is 33.9 Å². The van der Waals surface area contributed by atoms with E-state index in [1.54, 1.807) is 6.20 Å². The number of aromatic nitrogens is 1.